The molecule has 58 valence electrons. The maximum Gasteiger partial charge on any atom is -0.00142 e. The molecule has 0 amide bonds. The third-order valence-corrected chi connectivity index (χ3v) is 1.19. The van der Waals surface area contributed by atoms with Gasteiger partial charge >= 0.3 is 0 Å². The van der Waals surface area contributed by atoms with Crippen LogP contribution in [0, 0.1) is 0 Å². The van der Waals surface area contributed by atoms with Crippen LogP contribution in [0.25, 0.3) is 0 Å². The molecule has 0 spiro atoms. The van der Waals surface area contributed by atoms with Gasteiger partial charge in [0, 0.05) is 0 Å². The van der Waals surface area contributed by atoms with Gasteiger partial charge in [0.05, 0.1) is 0 Å². The normalized spacial score (nSPS) is 10.5. The fourth-order valence-electron chi connectivity index (χ4n) is 0.680. The first kappa shape index (κ1) is 9.44. The van der Waals surface area contributed by atoms with Crippen molar-refractivity contribution in [3.8, 4) is 0 Å². The van der Waals surface area contributed by atoms with E-state index in [1.165, 1.54) is 6.42 Å². The molecule has 0 aliphatic heterocycles. The van der Waals surface area contributed by atoms with E-state index in [4.69, 9.17) is 0 Å². The Morgan fingerprint density at radius 1 is 1.40 bits per heavy atom. The molecule has 0 saturated heterocycles. The lowest BCUT2D eigenvalue weighted by Gasteiger charge is -1.97. The molecule has 0 fully saturated rings. The van der Waals surface area contributed by atoms with Gasteiger partial charge in [0.2, 0.25) is 0 Å². The van der Waals surface area contributed by atoms with Crippen LogP contribution in [0.15, 0.2) is 24.8 Å². The van der Waals surface area contributed by atoms with Crippen LogP contribution >= 0.6 is 0 Å². The van der Waals surface area contributed by atoms with Crippen LogP contribution in [-0.4, -0.2) is 13.1 Å². The maximum absolute atomic E-state index is 3.59. The van der Waals surface area contributed by atoms with Gasteiger partial charge in [-0.25, -0.2) is 0 Å². The molecule has 0 aromatic carbocycles. The van der Waals surface area contributed by atoms with E-state index in [2.05, 4.69) is 24.9 Å². The van der Waals surface area contributed by atoms with Crippen LogP contribution < -0.4 is 5.32 Å². The molecule has 0 bridgehead atoms. The first-order chi connectivity index (χ1) is 4.91. The molecule has 1 heteroatoms. The standard InChI is InChI=1S/C9H17N/c1-3-5-6-7-9-10-8-4-2/h3,5-6,10H,1,4,7-9H2,2H3/b6-5-. The van der Waals surface area contributed by atoms with Gasteiger partial charge in [0.1, 0.15) is 0 Å². The zero-order valence-corrected chi connectivity index (χ0v) is 6.77. The minimum absolute atomic E-state index is 1.08. The van der Waals surface area contributed by atoms with E-state index in [1.54, 1.807) is 6.08 Å². The maximum atomic E-state index is 3.59. The molecule has 1 N–H and O–H groups in total. The third kappa shape index (κ3) is 7.44. The van der Waals surface area contributed by atoms with Gasteiger partial charge in [-0.1, -0.05) is 31.7 Å². The zero-order valence-electron chi connectivity index (χ0n) is 6.77. The molecular weight excluding hydrogens is 122 g/mol. The van der Waals surface area contributed by atoms with Crippen LogP contribution in [0.1, 0.15) is 19.8 Å². The van der Waals surface area contributed by atoms with E-state index < -0.39 is 0 Å². The number of rotatable bonds is 6. The minimum Gasteiger partial charge on any atom is -0.316 e. The molecule has 0 saturated carbocycles. The average molecular weight is 139 g/mol. The molecular formula is C9H17N. The second-order valence-corrected chi connectivity index (χ2v) is 2.20. The summed E-state index contributed by atoms with van der Waals surface area (Å²) in [5.41, 5.74) is 0. The van der Waals surface area contributed by atoms with E-state index >= 15 is 0 Å². The molecule has 0 aliphatic carbocycles. The topological polar surface area (TPSA) is 12.0 Å². The van der Waals surface area contributed by atoms with Gasteiger partial charge in [0.15, 0.2) is 0 Å². The summed E-state index contributed by atoms with van der Waals surface area (Å²) in [7, 11) is 0. The van der Waals surface area contributed by atoms with E-state index in [9.17, 15) is 0 Å². The summed E-state index contributed by atoms with van der Waals surface area (Å²) in [5.74, 6) is 0. The highest BCUT2D eigenvalue weighted by Crippen LogP contribution is 1.80. The van der Waals surface area contributed by atoms with Gasteiger partial charge in [-0.05, 0) is 25.9 Å². The highest BCUT2D eigenvalue weighted by Gasteiger charge is 1.79. The number of nitrogens with one attached hydrogen (secondary N) is 1. The van der Waals surface area contributed by atoms with Crippen molar-refractivity contribution in [2.24, 2.45) is 0 Å². The summed E-state index contributed by atoms with van der Waals surface area (Å²) >= 11 is 0. The third-order valence-electron chi connectivity index (χ3n) is 1.19. The molecule has 10 heavy (non-hydrogen) atoms. The summed E-state index contributed by atoms with van der Waals surface area (Å²) in [6.07, 6.45) is 8.22. The lowest BCUT2D eigenvalue weighted by molar-refractivity contribution is 0.678. The predicted molar refractivity (Wildman–Crippen MR) is 47.1 cm³/mol. The average Bonchev–Trinajstić information content (AvgIpc) is 1.97. The first-order valence-electron chi connectivity index (χ1n) is 3.90. The van der Waals surface area contributed by atoms with Crippen molar-refractivity contribution in [2.45, 2.75) is 19.8 Å². The molecule has 0 unspecified atom stereocenters. The second kappa shape index (κ2) is 8.44. The fraction of sp³-hybridized carbons (Fsp3) is 0.556. The van der Waals surface area contributed by atoms with Gasteiger partial charge in [-0.2, -0.15) is 0 Å². The van der Waals surface area contributed by atoms with E-state index in [0.29, 0.717) is 0 Å². The van der Waals surface area contributed by atoms with E-state index in [0.717, 1.165) is 19.5 Å². The summed E-state index contributed by atoms with van der Waals surface area (Å²) in [6.45, 7) is 7.97. The molecule has 0 atom stereocenters. The Labute approximate surface area is 63.8 Å². The van der Waals surface area contributed by atoms with E-state index in [-0.39, 0.29) is 0 Å². The SMILES string of the molecule is C=C/C=C\CCNCCC. The summed E-state index contributed by atoms with van der Waals surface area (Å²) in [4.78, 5) is 0. The second-order valence-electron chi connectivity index (χ2n) is 2.20. The van der Waals surface area contributed by atoms with Crippen molar-refractivity contribution in [1.82, 2.24) is 5.32 Å². The fourth-order valence-corrected chi connectivity index (χ4v) is 0.680. The van der Waals surface area contributed by atoms with Crippen molar-refractivity contribution in [2.75, 3.05) is 13.1 Å². The summed E-state index contributed by atoms with van der Waals surface area (Å²) in [5, 5.41) is 3.31. The molecule has 0 rings (SSSR count). The summed E-state index contributed by atoms with van der Waals surface area (Å²) < 4.78 is 0. The number of hydrogen-bond donors (Lipinski definition) is 1. The molecule has 0 aromatic rings. The van der Waals surface area contributed by atoms with Gasteiger partial charge < -0.3 is 5.32 Å². The largest absolute Gasteiger partial charge is 0.316 e. The van der Waals surface area contributed by atoms with Gasteiger partial charge in [0.25, 0.3) is 0 Å². The molecule has 0 heterocycles. The van der Waals surface area contributed by atoms with Crippen LogP contribution in [0.3, 0.4) is 0 Å². The van der Waals surface area contributed by atoms with E-state index in [1.807, 2.05) is 6.08 Å². The van der Waals surface area contributed by atoms with Crippen molar-refractivity contribution in [1.29, 1.82) is 0 Å². The van der Waals surface area contributed by atoms with Crippen molar-refractivity contribution < 1.29 is 0 Å². The highest BCUT2D eigenvalue weighted by atomic mass is 14.8. The first-order valence-corrected chi connectivity index (χ1v) is 3.90. The summed E-state index contributed by atoms with van der Waals surface area (Å²) in [6, 6.07) is 0. The zero-order chi connectivity index (χ0) is 7.66. The van der Waals surface area contributed by atoms with Crippen molar-refractivity contribution in [3.63, 3.8) is 0 Å². The molecule has 0 radical (unpaired) electrons. The van der Waals surface area contributed by atoms with Crippen LogP contribution in [-0.2, 0) is 0 Å². The number of allylic oxidation sites excluding steroid dienone is 2. The lowest BCUT2D eigenvalue weighted by atomic mass is 10.3. The molecule has 0 aliphatic rings. The smallest absolute Gasteiger partial charge is 0.00142 e. The highest BCUT2D eigenvalue weighted by molar-refractivity contribution is 4.96. The van der Waals surface area contributed by atoms with Crippen LogP contribution in [0.4, 0.5) is 0 Å². The monoisotopic (exact) mass is 139 g/mol. The van der Waals surface area contributed by atoms with Crippen molar-refractivity contribution in [3.05, 3.63) is 24.8 Å². The van der Waals surface area contributed by atoms with Gasteiger partial charge in [-0.15, -0.1) is 0 Å². The number of hydrogen-bond acceptors (Lipinski definition) is 1. The quantitative estimate of drug-likeness (QED) is 0.439. The Morgan fingerprint density at radius 2 is 2.20 bits per heavy atom. The Morgan fingerprint density at radius 3 is 2.80 bits per heavy atom. The van der Waals surface area contributed by atoms with Crippen LogP contribution in [0.2, 0.25) is 0 Å². The Hall–Kier alpha value is -0.560. The molecule has 1 nitrogen and oxygen atoms in total. The Bertz CT molecular complexity index is 94.9. The Kier molecular flexibility index (Phi) is 7.97. The van der Waals surface area contributed by atoms with Crippen LogP contribution in [0.5, 0.6) is 0 Å². The predicted octanol–water partition coefficient (Wildman–Crippen LogP) is 2.12. The Balaban J connectivity index is 2.90. The lowest BCUT2D eigenvalue weighted by Crippen LogP contribution is -2.14. The molecule has 0 aromatic heterocycles. The van der Waals surface area contributed by atoms with Gasteiger partial charge in [-0.3, -0.25) is 0 Å². The van der Waals surface area contributed by atoms with Crippen molar-refractivity contribution >= 4 is 0 Å². The minimum atomic E-state index is 1.08.